The Balaban J connectivity index is 2.12. The van der Waals surface area contributed by atoms with Crippen LogP contribution < -0.4 is 9.47 Å². The van der Waals surface area contributed by atoms with Crippen LogP contribution in [0, 0.1) is 6.92 Å². The molecule has 3 heteroatoms. The topological polar surface area (TPSA) is 31.4 Å². The van der Waals surface area contributed by atoms with Crippen molar-refractivity contribution in [1.29, 1.82) is 0 Å². The van der Waals surface area contributed by atoms with Gasteiger partial charge in [-0.25, -0.2) is 0 Å². The zero-order valence-corrected chi connectivity index (χ0v) is 15.7. The first-order valence-electron chi connectivity index (χ1n) is 8.89. The molecule has 0 unspecified atom stereocenters. The number of benzene rings is 3. The third-order valence-electron chi connectivity index (χ3n) is 4.81. The van der Waals surface area contributed by atoms with Crippen LogP contribution in [0.15, 0.2) is 72.8 Å². The van der Waals surface area contributed by atoms with E-state index in [0.29, 0.717) is 0 Å². The van der Waals surface area contributed by atoms with E-state index in [2.05, 4.69) is 43.3 Å². The molecule has 4 rings (SSSR count). The molecule has 0 fully saturated rings. The van der Waals surface area contributed by atoms with Crippen LogP contribution in [0.2, 0.25) is 0 Å². The van der Waals surface area contributed by atoms with Gasteiger partial charge in [-0.15, -0.1) is 0 Å². The summed E-state index contributed by atoms with van der Waals surface area (Å²) in [5.41, 5.74) is 5.20. The summed E-state index contributed by atoms with van der Waals surface area (Å²) in [6.07, 6.45) is 0. The fraction of sp³-hybridized carbons (Fsp3) is 0.125. The monoisotopic (exact) mass is 355 g/mol. The van der Waals surface area contributed by atoms with Gasteiger partial charge in [-0.3, -0.25) is 4.98 Å². The number of ether oxygens (including phenoxy) is 2. The fourth-order valence-corrected chi connectivity index (χ4v) is 3.46. The maximum Gasteiger partial charge on any atom is 0.119 e. The van der Waals surface area contributed by atoms with E-state index in [9.17, 15) is 0 Å². The van der Waals surface area contributed by atoms with Crippen LogP contribution in [-0.4, -0.2) is 19.2 Å². The standard InChI is InChI=1S/C24H21NO2/c1-16-21-13-12-20(27-3)15-22(21)23(18-10-7-11-19(14-18)26-2)24(25-16)17-8-5-4-6-9-17/h4-15H,1-3H3. The maximum absolute atomic E-state index is 5.50. The predicted molar refractivity (Wildman–Crippen MR) is 110 cm³/mol. The molecule has 0 aliphatic carbocycles. The molecule has 0 saturated carbocycles. The number of rotatable bonds is 4. The molecule has 0 radical (unpaired) electrons. The molecule has 0 N–H and O–H groups in total. The number of aryl methyl sites for hydroxylation is 1. The molecule has 1 aromatic heterocycles. The van der Waals surface area contributed by atoms with Gasteiger partial charge in [-0.05, 0) is 48.2 Å². The summed E-state index contributed by atoms with van der Waals surface area (Å²) in [6, 6.07) is 24.5. The van der Waals surface area contributed by atoms with E-state index in [1.54, 1.807) is 14.2 Å². The molecule has 3 nitrogen and oxygen atoms in total. The lowest BCUT2D eigenvalue weighted by Crippen LogP contribution is -1.96. The summed E-state index contributed by atoms with van der Waals surface area (Å²) >= 11 is 0. The second kappa shape index (κ2) is 7.12. The van der Waals surface area contributed by atoms with E-state index in [1.165, 1.54) is 0 Å². The number of pyridine rings is 1. The lowest BCUT2D eigenvalue weighted by atomic mass is 9.93. The summed E-state index contributed by atoms with van der Waals surface area (Å²) < 4.78 is 11.0. The van der Waals surface area contributed by atoms with Crippen LogP contribution >= 0.6 is 0 Å². The van der Waals surface area contributed by atoms with E-state index >= 15 is 0 Å². The molecular weight excluding hydrogens is 334 g/mol. The number of nitrogens with zero attached hydrogens (tertiary/aromatic N) is 1. The van der Waals surface area contributed by atoms with E-state index in [4.69, 9.17) is 14.5 Å². The molecule has 0 bridgehead atoms. The molecule has 0 aliphatic rings. The summed E-state index contributed by atoms with van der Waals surface area (Å²) in [7, 11) is 3.38. The van der Waals surface area contributed by atoms with Crippen LogP contribution in [0.1, 0.15) is 5.69 Å². The van der Waals surface area contributed by atoms with Gasteiger partial charge in [0.25, 0.3) is 0 Å². The van der Waals surface area contributed by atoms with Crippen LogP contribution in [-0.2, 0) is 0 Å². The van der Waals surface area contributed by atoms with Crippen LogP contribution in [0.4, 0.5) is 0 Å². The van der Waals surface area contributed by atoms with Crippen molar-refractivity contribution < 1.29 is 9.47 Å². The van der Waals surface area contributed by atoms with Crippen molar-refractivity contribution in [3.63, 3.8) is 0 Å². The van der Waals surface area contributed by atoms with Gasteiger partial charge < -0.3 is 9.47 Å². The zero-order valence-electron chi connectivity index (χ0n) is 15.7. The minimum Gasteiger partial charge on any atom is -0.497 e. The normalized spacial score (nSPS) is 10.8. The number of fused-ring (bicyclic) bond motifs is 1. The van der Waals surface area contributed by atoms with Crippen LogP contribution in [0.25, 0.3) is 33.2 Å². The maximum atomic E-state index is 5.50. The van der Waals surface area contributed by atoms with Crippen molar-refractivity contribution in [2.75, 3.05) is 14.2 Å². The van der Waals surface area contributed by atoms with Crippen LogP contribution in [0.5, 0.6) is 11.5 Å². The van der Waals surface area contributed by atoms with Gasteiger partial charge in [0.2, 0.25) is 0 Å². The second-order valence-corrected chi connectivity index (χ2v) is 6.43. The van der Waals surface area contributed by atoms with Gasteiger partial charge in [0.05, 0.1) is 19.9 Å². The lowest BCUT2D eigenvalue weighted by molar-refractivity contribution is 0.415. The quantitative estimate of drug-likeness (QED) is 0.457. The van der Waals surface area contributed by atoms with Gasteiger partial charge in [0, 0.05) is 22.2 Å². The lowest BCUT2D eigenvalue weighted by Gasteiger charge is -2.16. The molecule has 3 aromatic carbocycles. The third-order valence-corrected chi connectivity index (χ3v) is 4.81. The molecule has 1 heterocycles. The van der Waals surface area contributed by atoms with E-state index in [-0.39, 0.29) is 0 Å². The minimum absolute atomic E-state index is 0.822. The Bertz CT molecular complexity index is 1100. The fourth-order valence-electron chi connectivity index (χ4n) is 3.46. The molecule has 27 heavy (non-hydrogen) atoms. The molecular formula is C24H21NO2. The third kappa shape index (κ3) is 3.13. The molecule has 134 valence electrons. The first-order valence-corrected chi connectivity index (χ1v) is 8.89. The zero-order chi connectivity index (χ0) is 18.8. The number of methoxy groups -OCH3 is 2. The largest absolute Gasteiger partial charge is 0.497 e. The van der Waals surface area contributed by atoms with Gasteiger partial charge in [0.15, 0.2) is 0 Å². The van der Waals surface area contributed by atoms with Crippen molar-refractivity contribution in [3.8, 4) is 33.9 Å². The van der Waals surface area contributed by atoms with E-state index < -0.39 is 0 Å². The SMILES string of the molecule is COc1cccc(-c2c(-c3ccccc3)nc(C)c3ccc(OC)cc23)c1. The average Bonchev–Trinajstić information content (AvgIpc) is 2.73. The smallest absolute Gasteiger partial charge is 0.119 e. The number of aromatic nitrogens is 1. The van der Waals surface area contributed by atoms with Crippen molar-refractivity contribution in [2.45, 2.75) is 6.92 Å². The molecule has 0 spiro atoms. The Hall–Kier alpha value is -3.33. The van der Waals surface area contributed by atoms with E-state index in [0.717, 1.165) is 50.3 Å². The van der Waals surface area contributed by atoms with Crippen molar-refractivity contribution in [3.05, 3.63) is 78.5 Å². The van der Waals surface area contributed by atoms with E-state index in [1.807, 2.05) is 36.4 Å². The van der Waals surface area contributed by atoms with Crippen molar-refractivity contribution in [2.24, 2.45) is 0 Å². The predicted octanol–water partition coefficient (Wildman–Crippen LogP) is 5.89. The Morgan fingerprint density at radius 3 is 2.11 bits per heavy atom. The van der Waals surface area contributed by atoms with Gasteiger partial charge in [0.1, 0.15) is 11.5 Å². The van der Waals surface area contributed by atoms with Gasteiger partial charge in [-0.1, -0.05) is 42.5 Å². The second-order valence-electron chi connectivity index (χ2n) is 6.43. The summed E-state index contributed by atoms with van der Waals surface area (Å²) in [6.45, 7) is 2.05. The molecule has 0 atom stereocenters. The highest BCUT2D eigenvalue weighted by molar-refractivity contribution is 6.04. The Morgan fingerprint density at radius 2 is 1.37 bits per heavy atom. The first kappa shape index (κ1) is 17.1. The molecule has 0 saturated heterocycles. The number of hydrogen-bond donors (Lipinski definition) is 0. The summed E-state index contributed by atoms with van der Waals surface area (Å²) in [5.74, 6) is 1.65. The minimum atomic E-state index is 0.822. The molecule has 4 aromatic rings. The Labute approximate surface area is 159 Å². The average molecular weight is 355 g/mol. The van der Waals surface area contributed by atoms with Crippen molar-refractivity contribution in [1.82, 2.24) is 4.98 Å². The Kier molecular flexibility index (Phi) is 4.51. The van der Waals surface area contributed by atoms with Gasteiger partial charge >= 0.3 is 0 Å². The van der Waals surface area contributed by atoms with Gasteiger partial charge in [-0.2, -0.15) is 0 Å². The summed E-state index contributed by atoms with van der Waals surface area (Å²) in [4.78, 5) is 4.98. The molecule has 0 amide bonds. The number of hydrogen-bond acceptors (Lipinski definition) is 3. The summed E-state index contributed by atoms with van der Waals surface area (Å²) in [5, 5.41) is 2.24. The highest BCUT2D eigenvalue weighted by Gasteiger charge is 2.16. The molecule has 0 aliphatic heterocycles. The Morgan fingerprint density at radius 1 is 0.667 bits per heavy atom. The first-order chi connectivity index (χ1) is 13.2. The van der Waals surface area contributed by atoms with Crippen LogP contribution in [0.3, 0.4) is 0 Å². The highest BCUT2D eigenvalue weighted by Crippen LogP contribution is 2.40. The van der Waals surface area contributed by atoms with Crippen molar-refractivity contribution >= 4 is 10.8 Å². The highest BCUT2D eigenvalue weighted by atomic mass is 16.5.